The van der Waals surface area contributed by atoms with Crippen LogP contribution in [0, 0.1) is 17.3 Å². The summed E-state index contributed by atoms with van der Waals surface area (Å²) in [6, 6.07) is -0.0997. The van der Waals surface area contributed by atoms with E-state index >= 15 is 0 Å². The third kappa shape index (κ3) is 5.05. The van der Waals surface area contributed by atoms with Gasteiger partial charge in [0.2, 0.25) is 5.91 Å². The number of rotatable bonds is 9. The van der Waals surface area contributed by atoms with Crippen molar-refractivity contribution in [3.63, 3.8) is 0 Å². The van der Waals surface area contributed by atoms with Crippen molar-refractivity contribution in [1.29, 1.82) is 0 Å². The second kappa shape index (κ2) is 8.46. The van der Waals surface area contributed by atoms with Gasteiger partial charge in [-0.3, -0.25) is 14.4 Å². The number of nitrogens with one attached hydrogen (secondary N) is 1. The maximum atomic E-state index is 12.4. The Morgan fingerprint density at radius 3 is 2.17 bits per heavy atom. The fourth-order valence-corrected chi connectivity index (χ4v) is 3.83. The Kier molecular flexibility index (Phi) is 7.23. The first-order valence-electron chi connectivity index (χ1n) is 8.76. The Bertz CT molecular complexity index is 440. The van der Waals surface area contributed by atoms with E-state index in [4.69, 9.17) is 0 Å². The lowest BCUT2D eigenvalue weighted by Crippen LogP contribution is -2.41. The van der Waals surface area contributed by atoms with E-state index in [2.05, 4.69) is 5.32 Å². The van der Waals surface area contributed by atoms with E-state index in [0.717, 1.165) is 12.8 Å². The summed E-state index contributed by atoms with van der Waals surface area (Å²) >= 11 is 0. The van der Waals surface area contributed by atoms with Crippen molar-refractivity contribution in [3.8, 4) is 0 Å². The van der Waals surface area contributed by atoms with Crippen molar-refractivity contribution in [2.75, 3.05) is 0 Å². The van der Waals surface area contributed by atoms with Gasteiger partial charge in [0.15, 0.2) is 0 Å². The number of carboxylic acids is 1. The second-order valence-electron chi connectivity index (χ2n) is 7.11. The molecular weight excluding hydrogens is 294 g/mol. The topological polar surface area (TPSA) is 83.5 Å². The van der Waals surface area contributed by atoms with Crippen LogP contribution < -0.4 is 5.32 Å². The first kappa shape index (κ1) is 19.7. The van der Waals surface area contributed by atoms with Crippen LogP contribution >= 0.6 is 0 Å². The van der Waals surface area contributed by atoms with E-state index in [1.807, 2.05) is 20.8 Å². The summed E-state index contributed by atoms with van der Waals surface area (Å²) in [5, 5.41) is 12.5. The summed E-state index contributed by atoms with van der Waals surface area (Å²) in [6.07, 6.45) is 4.92. The average Bonchev–Trinajstić information content (AvgIpc) is 2.96. The van der Waals surface area contributed by atoms with E-state index in [1.165, 1.54) is 6.92 Å². The molecule has 1 aliphatic carbocycles. The summed E-state index contributed by atoms with van der Waals surface area (Å²) < 4.78 is 0. The second-order valence-corrected chi connectivity index (χ2v) is 7.11. The molecule has 1 fully saturated rings. The number of carboxylic acid groups (broad SMARTS) is 1. The number of amides is 1. The van der Waals surface area contributed by atoms with Crippen LogP contribution in [0.4, 0.5) is 0 Å². The van der Waals surface area contributed by atoms with Crippen LogP contribution in [0.3, 0.4) is 0 Å². The lowest BCUT2D eigenvalue weighted by Gasteiger charge is -2.31. The fraction of sp³-hybridized carbons (Fsp3) is 0.833. The van der Waals surface area contributed by atoms with Crippen LogP contribution in [0.15, 0.2) is 0 Å². The fourth-order valence-electron chi connectivity index (χ4n) is 3.83. The Labute approximate surface area is 139 Å². The minimum atomic E-state index is -0.722. The molecule has 23 heavy (non-hydrogen) atoms. The highest BCUT2D eigenvalue weighted by atomic mass is 16.4. The number of hydrogen-bond donors (Lipinski definition) is 2. The molecule has 1 aliphatic rings. The molecule has 3 atom stereocenters. The SMILES string of the molecule is CCC(=O)[C@@H](CCC1(C(=O)O)CCCC1)[C@H](C)C(C)NC(C)=O. The number of carbonyl (C=O) groups is 3. The Hall–Kier alpha value is -1.39. The molecule has 2 N–H and O–H groups in total. The first-order chi connectivity index (χ1) is 10.7. The maximum Gasteiger partial charge on any atom is 0.309 e. The van der Waals surface area contributed by atoms with Gasteiger partial charge in [0, 0.05) is 25.3 Å². The van der Waals surface area contributed by atoms with E-state index < -0.39 is 11.4 Å². The molecule has 0 radical (unpaired) electrons. The van der Waals surface area contributed by atoms with Gasteiger partial charge in [-0.05, 0) is 38.5 Å². The van der Waals surface area contributed by atoms with Gasteiger partial charge in [0.25, 0.3) is 0 Å². The molecule has 1 rings (SSSR count). The van der Waals surface area contributed by atoms with Gasteiger partial charge in [-0.25, -0.2) is 0 Å². The Balaban J connectivity index is 2.80. The molecule has 0 saturated heterocycles. The molecule has 0 aromatic heterocycles. The highest BCUT2D eigenvalue weighted by Crippen LogP contribution is 2.43. The molecule has 0 aliphatic heterocycles. The Morgan fingerprint density at radius 1 is 1.17 bits per heavy atom. The highest BCUT2D eigenvalue weighted by Gasteiger charge is 2.42. The van der Waals surface area contributed by atoms with Gasteiger partial charge in [-0.1, -0.05) is 26.7 Å². The quantitative estimate of drug-likeness (QED) is 0.682. The molecule has 0 spiro atoms. The van der Waals surface area contributed by atoms with Gasteiger partial charge in [-0.2, -0.15) is 0 Å². The monoisotopic (exact) mass is 325 g/mol. The van der Waals surface area contributed by atoms with Crippen molar-refractivity contribution in [3.05, 3.63) is 0 Å². The van der Waals surface area contributed by atoms with E-state index in [-0.39, 0.29) is 29.6 Å². The van der Waals surface area contributed by atoms with Crippen LogP contribution in [-0.2, 0) is 14.4 Å². The number of aliphatic carboxylic acids is 1. The number of ketones is 1. The van der Waals surface area contributed by atoms with Gasteiger partial charge < -0.3 is 10.4 Å². The van der Waals surface area contributed by atoms with Crippen molar-refractivity contribution in [2.45, 2.75) is 78.7 Å². The molecule has 1 unspecified atom stereocenters. The molecule has 0 aromatic rings. The molecule has 0 bridgehead atoms. The number of carbonyl (C=O) groups excluding carboxylic acids is 2. The lowest BCUT2D eigenvalue weighted by molar-refractivity contribution is -0.149. The van der Waals surface area contributed by atoms with E-state index in [0.29, 0.717) is 32.1 Å². The molecule has 132 valence electrons. The zero-order valence-electron chi connectivity index (χ0n) is 14.9. The van der Waals surface area contributed by atoms with Crippen LogP contribution in [0.5, 0.6) is 0 Å². The molecule has 5 nitrogen and oxygen atoms in total. The molecule has 1 amide bonds. The van der Waals surface area contributed by atoms with Gasteiger partial charge in [0.1, 0.15) is 5.78 Å². The van der Waals surface area contributed by atoms with Crippen molar-refractivity contribution >= 4 is 17.7 Å². The summed E-state index contributed by atoms with van der Waals surface area (Å²) in [7, 11) is 0. The van der Waals surface area contributed by atoms with Gasteiger partial charge >= 0.3 is 5.97 Å². The van der Waals surface area contributed by atoms with E-state index in [9.17, 15) is 19.5 Å². The third-order valence-corrected chi connectivity index (χ3v) is 5.56. The van der Waals surface area contributed by atoms with Crippen molar-refractivity contribution in [2.24, 2.45) is 17.3 Å². The minimum absolute atomic E-state index is 0.00130. The maximum absolute atomic E-state index is 12.4. The summed E-state index contributed by atoms with van der Waals surface area (Å²) in [6.45, 7) is 7.19. The lowest BCUT2D eigenvalue weighted by atomic mass is 9.74. The van der Waals surface area contributed by atoms with Crippen LogP contribution in [0.2, 0.25) is 0 Å². The molecule has 5 heteroatoms. The highest BCUT2D eigenvalue weighted by molar-refractivity contribution is 5.81. The largest absolute Gasteiger partial charge is 0.481 e. The van der Waals surface area contributed by atoms with Crippen LogP contribution in [-0.4, -0.2) is 28.8 Å². The zero-order valence-corrected chi connectivity index (χ0v) is 14.9. The predicted octanol–water partition coefficient (Wildman–Crippen LogP) is 3.17. The standard InChI is InChI=1S/C18H31NO4/c1-5-16(21)15(12(2)13(3)19-14(4)20)8-11-18(17(22)23)9-6-7-10-18/h12-13,15H,5-11H2,1-4H3,(H,19,20)(H,22,23)/t12-,13?,15+/m1/s1. The molecule has 0 heterocycles. The summed E-state index contributed by atoms with van der Waals surface area (Å²) in [4.78, 5) is 35.3. The van der Waals surface area contributed by atoms with Crippen LogP contribution in [0.1, 0.15) is 72.6 Å². The average molecular weight is 325 g/mol. The first-order valence-corrected chi connectivity index (χ1v) is 8.76. The number of Topliss-reactive ketones (excluding diaryl/α,β-unsaturated/α-hetero) is 1. The zero-order chi connectivity index (χ0) is 17.6. The van der Waals surface area contributed by atoms with Crippen LogP contribution in [0.25, 0.3) is 0 Å². The molecule has 1 saturated carbocycles. The summed E-state index contributed by atoms with van der Waals surface area (Å²) in [5.74, 6) is -0.865. The van der Waals surface area contributed by atoms with E-state index in [1.54, 1.807) is 0 Å². The third-order valence-electron chi connectivity index (χ3n) is 5.56. The van der Waals surface area contributed by atoms with Gasteiger partial charge in [-0.15, -0.1) is 0 Å². The van der Waals surface area contributed by atoms with Gasteiger partial charge in [0.05, 0.1) is 5.41 Å². The minimum Gasteiger partial charge on any atom is -0.481 e. The molecular formula is C18H31NO4. The predicted molar refractivity (Wildman–Crippen MR) is 89.0 cm³/mol. The Morgan fingerprint density at radius 2 is 1.74 bits per heavy atom. The molecule has 0 aromatic carbocycles. The normalized spacial score (nSPS) is 20.5. The smallest absolute Gasteiger partial charge is 0.309 e. The summed E-state index contributed by atoms with van der Waals surface area (Å²) in [5.41, 5.74) is -0.650. The van der Waals surface area contributed by atoms with Crippen molar-refractivity contribution < 1.29 is 19.5 Å². The van der Waals surface area contributed by atoms with Crippen molar-refractivity contribution in [1.82, 2.24) is 5.32 Å². The number of hydrogen-bond acceptors (Lipinski definition) is 3.